The van der Waals surface area contributed by atoms with Crippen molar-refractivity contribution in [1.82, 2.24) is 9.80 Å². The molecule has 1 saturated heterocycles. The molecule has 0 bridgehead atoms. The molecule has 1 heterocycles. The molecule has 0 radical (unpaired) electrons. The number of hydrogen-bond donors (Lipinski definition) is 0. The van der Waals surface area contributed by atoms with Crippen molar-refractivity contribution < 1.29 is 9.53 Å². The molecule has 0 saturated carbocycles. The summed E-state index contributed by atoms with van der Waals surface area (Å²) >= 11 is 0. The molecule has 0 aromatic heterocycles. The van der Waals surface area contributed by atoms with E-state index in [1.54, 1.807) is 4.90 Å². The maximum Gasteiger partial charge on any atom is 0.410 e. The topological polar surface area (TPSA) is 56.6 Å². The molecule has 1 aliphatic rings. The predicted octanol–water partition coefficient (Wildman–Crippen LogP) is 1.45. The molecular formula is C12H21N3O2. The molecule has 1 fully saturated rings. The van der Waals surface area contributed by atoms with Gasteiger partial charge in [-0.2, -0.15) is 5.26 Å². The Morgan fingerprint density at radius 2 is 2.12 bits per heavy atom. The molecule has 1 amide bonds. The van der Waals surface area contributed by atoms with E-state index in [0.717, 1.165) is 6.54 Å². The number of nitriles is 1. The number of likely N-dealkylation sites (N-methyl/N-ethyl adjacent to an activating group) is 1. The standard InChI is InChI=1S/C12H21N3O2/c1-12(2,3)17-11(16)15-8-7-14(4)10(9-15)5-6-13/h10H,5,7-9H2,1-4H3/t10-/m0/s1. The van der Waals surface area contributed by atoms with Crippen LogP contribution in [0.4, 0.5) is 4.79 Å². The predicted molar refractivity (Wildman–Crippen MR) is 64.5 cm³/mol. The van der Waals surface area contributed by atoms with Crippen LogP contribution < -0.4 is 0 Å². The fraction of sp³-hybridized carbons (Fsp3) is 0.833. The minimum Gasteiger partial charge on any atom is -0.444 e. The number of nitrogens with zero attached hydrogens (tertiary/aromatic N) is 3. The normalized spacial score (nSPS) is 22.1. The molecule has 5 heteroatoms. The number of carbonyl (C=O) groups is 1. The second kappa shape index (κ2) is 5.37. The highest BCUT2D eigenvalue weighted by molar-refractivity contribution is 5.68. The highest BCUT2D eigenvalue weighted by Gasteiger charge is 2.29. The molecule has 1 aliphatic heterocycles. The van der Waals surface area contributed by atoms with Crippen LogP contribution in [-0.2, 0) is 4.74 Å². The highest BCUT2D eigenvalue weighted by Crippen LogP contribution is 2.15. The van der Waals surface area contributed by atoms with E-state index in [1.165, 1.54) is 0 Å². The Bertz CT molecular complexity index is 317. The lowest BCUT2D eigenvalue weighted by molar-refractivity contribution is 0.00804. The van der Waals surface area contributed by atoms with Crippen LogP contribution in [0.5, 0.6) is 0 Å². The summed E-state index contributed by atoms with van der Waals surface area (Å²) in [6.45, 7) is 7.58. The monoisotopic (exact) mass is 239 g/mol. The van der Waals surface area contributed by atoms with Crippen molar-refractivity contribution in [2.24, 2.45) is 0 Å². The first-order valence-corrected chi connectivity index (χ1v) is 5.88. The average molecular weight is 239 g/mol. The maximum atomic E-state index is 11.9. The SMILES string of the molecule is CN1CCN(C(=O)OC(C)(C)C)C[C@@H]1CC#N. The van der Waals surface area contributed by atoms with Gasteiger partial charge in [0.25, 0.3) is 0 Å². The minimum atomic E-state index is -0.467. The Kier molecular flexibility index (Phi) is 4.35. The Hall–Kier alpha value is -1.28. The van der Waals surface area contributed by atoms with Gasteiger partial charge in [0.15, 0.2) is 0 Å². The lowest BCUT2D eigenvalue weighted by atomic mass is 10.1. The fourth-order valence-electron chi connectivity index (χ4n) is 1.76. The smallest absolute Gasteiger partial charge is 0.410 e. The van der Waals surface area contributed by atoms with Crippen LogP contribution in [0.25, 0.3) is 0 Å². The second-order valence-electron chi connectivity index (χ2n) is 5.42. The van der Waals surface area contributed by atoms with Gasteiger partial charge in [-0.05, 0) is 27.8 Å². The third kappa shape index (κ3) is 4.23. The van der Waals surface area contributed by atoms with Gasteiger partial charge in [-0.15, -0.1) is 0 Å². The van der Waals surface area contributed by atoms with E-state index in [9.17, 15) is 4.79 Å². The van der Waals surface area contributed by atoms with Crippen LogP contribution in [0.2, 0.25) is 0 Å². The van der Waals surface area contributed by atoms with Gasteiger partial charge in [0.05, 0.1) is 12.5 Å². The maximum absolute atomic E-state index is 11.9. The van der Waals surface area contributed by atoms with Crippen molar-refractivity contribution in [3.05, 3.63) is 0 Å². The Morgan fingerprint density at radius 1 is 1.47 bits per heavy atom. The van der Waals surface area contributed by atoms with E-state index >= 15 is 0 Å². The van der Waals surface area contributed by atoms with Crippen molar-refractivity contribution in [3.63, 3.8) is 0 Å². The summed E-state index contributed by atoms with van der Waals surface area (Å²) in [4.78, 5) is 15.7. The van der Waals surface area contributed by atoms with Gasteiger partial charge in [0.2, 0.25) is 0 Å². The van der Waals surface area contributed by atoms with Crippen molar-refractivity contribution >= 4 is 6.09 Å². The van der Waals surface area contributed by atoms with Gasteiger partial charge in [0, 0.05) is 25.7 Å². The summed E-state index contributed by atoms with van der Waals surface area (Å²) in [7, 11) is 1.98. The summed E-state index contributed by atoms with van der Waals surface area (Å²) in [5.74, 6) is 0. The van der Waals surface area contributed by atoms with E-state index in [1.807, 2.05) is 27.8 Å². The molecule has 5 nitrogen and oxygen atoms in total. The lowest BCUT2D eigenvalue weighted by Crippen LogP contribution is -2.53. The molecule has 96 valence electrons. The summed E-state index contributed by atoms with van der Waals surface area (Å²) in [5, 5.41) is 8.74. The largest absolute Gasteiger partial charge is 0.444 e. The van der Waals surface area contributed by atoms with E-state index in [2.05, 4.69) is 11.0 Å². The number of piperazine rings is 1. The molecule has 0 aromatic rings. The first kappa shape index (κ1) is 13.8. The number of hydrogen-bond acceptors (Lipinski definition) is 4. The Labute approximate surface area is 103 Å². The lowest BCUT2D eigenvalue weighted by Gasteiger charge is -2.38. The van der Waals surface area contributed by atoms with Crippen molar-refractivity contribution in [3.8, 4) is 6.07 Å². The quantitative estimate of drug-likeness (QED) is 0.695. The van der Waals surface area contributed by atoms with Gasteiger partial charge in [-0.3, -0.25) is 4.90 Å². The van der Waals surface area contributed by atoms with Crippen molar-refractivity contribution in [1.29, 1.82) is 5.26 Å². The summed E-state index contributed by atoms with van der Waals surface area (Å²) in [6, 6.07) is 2.27. The van der Waals surface area contributed by atoms with Gasteiger partial charge in [-0.25, -0.2) is 4.79 Å². The van der Waals surface area contributed by atoms with Crippen LogP contribution in [-0.4, -0.2) is 54.2 Å². The van der Waals surface area contributed by atoms with E-state index in [4.69, 9.17) is 10.00 Å². The Balaban J connectivity index is 2.56. The number of ether oxygens (including phenoxy) is 1. The zero-order valence-corrected chi connectivity index (χ0v) is 11.1. The first-order valence-electron chi connectivity index (χ1n) is 5.88. The summed E-state index contributed by atoms with van der Waals surface area (Å²) in [6.07, 6.45) is 0.157. The van der Waals surface area contributed by atoms with Crippen molar-refractivity contribution in [2.45, 2.75) is 38.8 Å². The molecule has 0 aromatic carbocycles. The molecule has 0 aliphatic carbocycles. The molecule has 17 heavy (non-hydrogen) atoms. The fourth-order valence-corrected chi connectivity index (χ4v) is 1.76. The van der Waals surface area contributed by atoms with Crippen LogP contribution in [0.1, 0.15) is 27.2 Å². The molecule has 1 rings (SSSR count). The van der Waals surface area contributed by atoms with Gasteiger partial charge in [-0.1, -0.05) is 0 Å². The van der Waals surface area contributed by atoms with Crippen molar-refractivity contribution in [2.75, 3.05) is 26.7 Å². The van der Waals surface area contributed by atoms with Gasteiger partial charge in [0.1, 0.15) is 5.60 Å². The molecule has 1 atom stereocenters. The van der Waals surface area contributed by atoms with Gasteiger partial charge >= 0.3 is 6.09 Å². The van der Waals surface area contributed by atoms with Crippen LogP contribution in [0.3, 0.4) is 0 Å². The van der Waals surface area contributed by atoms with Crippen LogP contribution in [0, 0.1) is 11.3 Å². The number of carbonyl (C=O) groups excluding carboxylic acids is 1. The zero-order chi connectivity index (χ0) is 13.1. The summed E-state index contributed by atoms with van der Waals surface area (Å²) < 4.78 is 5.32. The van der Waals surface area contributed by atoms with E-state index < -0.39 is 5.60 Å². The third-order valence-corrected chi connectivity index (χ3v) is 2.76. The zero-order valence-electron chi connectivity index (χ0n) is 11.1. The average Bonchev–Trinajstić information content (AvgIpc) is 2.19. The van der Waals surface area contributed by atoms with Crippen LogP contribution >= 0.6 is 0 Å². The Morgan fingerprint density at radius 3 is 2.65 bits per heavy atom. The molecule has 0 N–H and O–H groups in total. The number of amides is 1. The highest BCUT2D eigenvalue weighted by atomic mass is 16.6. The summed E-state index contributed by atoms with van der Waals surface area (Å²) in [5.41, 5.74) is -0.467. The minimum absolute atomic E-state index is 0.112. The third-order valence-electron chi connectivity index (χ3n) is 2.76. The molecule has 0 spiro atoms. The van der Waals surface area contributed by atoms with E-state index in [0.29, 0.717) is 19.5 Å². The first-order chi connectivity index (χ1) is 7.83. The molecule has 0 unspecified atom stereocenters. The van der Waals surface area contributed by atoms with E-state index in [-0.39, 0.29) is 12.1 Å². The van der Waals surface area contributed by atoms with Gasteiger partial charge < -0.3 is 9.64 Å². The van der Waals surface area contributed by atoms with Crippen LogP contribution in [0.15, 0.2) is 0 Å². The second-order valence-corrected chi connectivity index (χ2v) is 5.42. The number of rotatable bonds is 1. The molecular weight excluding hydrogens is 218 g/mol.